The summed E-state index contributed by atoms with van der Waals surface area (Å²) < 4.78 is 11.2. The molecule has 0 spiro atoms. The first-order valence-electron chi connectivity index (χ1n) is 10.0. The highest BCUT2D eigenvalue weighted by Gasteiger charge is 2.21. The standard InChI is InChI=1S/C21H36N4O2/c1-16(2)25-11-7-8-18(15-25)14-24-21(22-4)23-13-17(3)27-20-10-6-9-19(12-20)26-5/h6,9-10,12,16-18H,7-8,11,13-15H2,1-5H3,(H2,22,23,24). The van der Waals surface area contributed by atoms with Crippen LogP contribution in [0.5, 0.6) is 11.5 Å². The number of methoxy groups -OCH3 is 1. The van der Waals surface area contributed by atoms with Crippen molar-refractivity contribution in [3.63, 3.8) is 0 Å². The lowest BCUT2D eigenvalue weighted by Crippen LogP contribution is -2.47. The molecule has 27 heavy (non-hydrogen) atoms. The minimum atomic E-state index is 0.0155. The molecule has 0 bridgehead atoms. The zero-order valence-corrected chi connectivity index (χ0v) is 17.5. The zero-order valence-electron chi connectivity index (χ0n) is 17.5. The molecule has 2 rings (SSSR count). The third kappa shape index (κ3) is 7.29. The Morgan fingerprint density at radius 3 is 2.74 bits per heavy atom. The fourth-order valence-corrected chi connectivity index (χ4v) is 3.38. The van der Waals surface area contributed by atoms with Gasteiger partial charge in [-0.1, -0.05) is 6.07 Å². The van der Waals surface area contributed by atoms with E-state index in [1.807, 2.05) is 38.2 Å². The Kier molecular flexibility index (Phi) is 8.72. The Hall–Kier alpha value is -1.95. The molecule has 1 aliphatic heterocycles. The lowest BCUT2D eigenvalue weighted by atomic mass is 9.97. The number of rotatable bonds is 8. The Balaban J connectivity index is 1.73. The summed E-state index contributed by atoms with van der Waals surface area (Å²) >= 11 is 0. The predicted octanol–water partition coefficient (Wildman–Crippen LogP) is 2.75. The van der Waals surface area contributed by atoms with Crippen molar-refractivity contribution in [2.45, 2.75) is 45.8 Å². The van der Waals surface area contributed by atoms with E-state index in [1.54, 1.807) is 7.11 Å². The van der Waals surface area contributed by atoms with E-state index < -0.39 is 0 Å². The van der Waals surface area contributed by atoms with E-state index >= 15 is 0 Å². The van der Waals surface area contributed by atoms with Gasteiger partial charge in [0.15, 0.2) is 5.96 Å². The molecule has 2 unspecified atom stereocenters. The second-order valence-corrected chi connectivity index (χ2v) is 7.54. The van der Waals surface area contributed by atoms with Crippen LogP contribution in [0.2, 0.25) is 0 Å². The van der Waals surface area contributed by atoms with Crippen molar-refractivity contribution >= 4 is 5.96 Å². The normalized spacial score (nSPS) is 19.6. The van der Waals surface area contributed by atoms with Crippen LogP contribution in [0.15, 0.2) is 29.3 Å². The first kappa shape index (κ1) is 21.4. The molecule has 1 aromatic rings. The van der Waals surface area contributed by atoms with Crippen molar-refractivity contribution in [3.05, 3.63) is 24.3 Å². The number of guanidine groups is 1. The van der Waals surface area contributed by atoms with Crippen molar-refractivity contribution in [1.82, 2.24) is 15.5 Å². The van der Waals surface area contributed by atoms with Gasteiger partial charge in [-0.25, -0.2) is 0 Å². The van der Waals surface area contributed by atoms with E-state index in [4.69, 9.17) is 9.47 Å². The zero-order chi connectivity index (χ0) is 19.6. The van der Waals surface area contributed by atoms with Gasteiger partial charge in [-0.2, -0.15) is 0 Å². The number of nitrogens with zero attached hydrogens (tertiary/aromatic N) is 2. The second kappa shape index (κ2) is 11.0. The number of hydrogen-bond donors (Lipinski definition) is 2. The molecule has 2 atom stereocenters. The number of hydrogen-bond acceptors (Lipinski definition) is 4. The molecular formula is C21H36N4O2. The number of likely N-dealkylation sites (tertiary alicyclic amines) is 1. The van der Waals surface area contributed by atoms with Crippen molar-refractivity contribution in [2.24, 2.45) is 10.9 Å². The largest absolute Gasteiger partial charge is 0.497 e. The highest BCUT2D eigenvalue weighted by molar-refractivity contribution is 5.79. The maximum atomic E-state index is 5.95. The van der Waals surface area contributed by atoms with Crippen molar-refractivity contribution < 1.29 is 9.47 Å². The molecular weight excluding hydrogens is 340 g/mol. The van der Waals surface area contributed by atoms with Crippen LogP contribution < -0.4 is 20.1 Å². The second-order valence-electron chi connectivity index (χ2n) is 7.54. The molecule has 0 aromatic heterocycles. The quantitative estimate of drug-likeness (QED) is 0.540. The number of ether oxygens (including phenoxy) is 2. The third-order valence-electron chi connectivity index (χ3n) is 5.00. The van der Waals surface area contributed by atoms with Crippen LogP contribution in [0.4, 0.5) is 0 Å². The van der Waals surface area contributed by atoms with Gasteiger partial charge in [0.05, 0.1) is 13.7 Å². The average Bonchev–Trinajstić information content (AvgIpc) is 2.68. The molecule has 1 heterocycles. The molecule has 1 fully saturated rings. The number of nitrogens with one attached hydrogen (secondary N) is 2. The van der Waals surface area contributed by atoms with Gasteiger partial charge >= 0.3 is 0 Å². The number of benzene rings is 1. The van der Waals surface area contributed by atoms with Crippen LogP contribution in [-0.2, 0) is 0 Å². The summed E-state index contributed by atoms with van der Waals surface area (Å²) in [6.07, 6.45) is 2.58. The van der Waals surface area contributed by atoms with Crippen molar-refractivity contribution in [3.8, 4) is 11.5 Å². The van der Waals surface area contributed by atoms with E-state index in [9.17, 15) is 0 Å². The summed E-state index contributed by atoms with van der Waals surface area (Å²) in [5.74, 6) is 3.11. The summed E-state index contributed by atoms with van der Waals surface area (Å²) in [5, 5.41) is 6.83. The van der Waals surface area contributed by atoms with Crippen molar-refractivity contribution in [2.75, 3.05) is 40.3 Å². The topological polar surface area (TPSA) is 58.1 Å². The minimum Gasteiger partial charge on any atom is -0.497 e. The fraction of sp³-hybridized carbons (Fsp3) is 0.667. The summed E-state index contributed by atoms with van der Waals surface area (Å²) in [7, 11) is 3.47. The monoisotopic (exact) mass is 376 g/mol. The molecule has 0 radical (unpaired) electrons. The SMILES string of the molecule is CN=C(NCC1CCCN(C(C)C)C1)NCC(C)Oc1cccc(OC)c1. The average molecular weight is 377 g/mol. The van der Waals surface area contributed by atoms with Crippen LogP contribution in [-0.4, -0.2) is 63.3 Å². The fourth-order valence-electron chi connectivity index (χ4n) is 3.38. The predicted molar refractivity (Wildman–Crippen MR) is 112 cm³/mol. The Morgan fingerprint density at radius 2 is 2.04 bits per heavy atom. The molecule has 2 N–H and O–H groups in total. The van der Waals surface area contributed by atoms with Crippen LogP contribution in [0, 0.1) is 5.92 Å². The molecule has 1 aliphatic rings. The van der Waals surface area contributed by atoms with Crippen molar-refractivity contribution in [1.29, 1.82) is 0 Å². The van der Waals surface area contributed by atoms with Gasteiger partial charge in [0.2, 0.25) is 0 Å². The van der Waals surface area contributed by atoms with Crippen LogP contribution in [0.1, 0.15) is 33.6 Å². The van der Waals surface area contributed by atoms with Gasteiger partial charge < -0.3 is 25.0 Å². The van der Waals surface area contributed by atoms with E-state index in [1.165, 1.54) is 19.4 Å². The van der Waals surface area contributed by atoms with Gasteiger partial charge in [-0.3, -0.25) is 4.99 Å². The van der Waals surface area contributed by atoms with Crippen LogP contribution in [0.25, 0.3) is 0 Å². The lowest BCUT2D eigenvalue weighted by molar-refractivity contribution is 0.141. The molecule has 6 nitrogen and oxygen atoms in total. The smallest absolute Gasteiger partial charge is 0.191 e. The third-order valence-corrected chi connectivity index (χ3v) is 5.00. The number of aliphatic imine (C=N–C) groups is 1. The van der Waals surface area contributed by atoms with Crippen LogP contribution >= 0.6 is 0 Å². The molecule has 0 amide bonds. The summed E-state index contributed by atoms with van der Waals surface area (Å²) in [6, 6.07) is 8.30. The molecule has 0 aliphatic carbocycles. The Morgan fingerprint density at radius 1 is 1.26 bits per heavy atom. The van der Waals surface area contributed by atoms with Gasteiger partial charge in [0.25, 0.3) is 0 Å². The molecule has 1 saturated heterocycles. The Bertz CT molecular complexity index is 591. The van der Waals surface area contributed by atoms with Gasteiger partial charge in [0, 0.05) is 32.2 Å². The first-order valence-corrected chi connectivity index (χ1v) is 10.0. The number of piperidine rings is 1. The molecule has 1 aromatic carbocycles. The van der Waals surface area contributed by atoms with Gasteiger partial charge in [0.1, 0.15) is 17.6 Å². The first-order chi connectivity index (χ1) is 13.0. The minimum absolute atomic E-state index is 0.0155. The highest BCUT2D eigenvalue weighted by Crippen LogP contribution is 2.20. The summed E-state index contributed by atoms with van der Waals surface area (Å²) in [6.45, 7) is 10.6. The van der Waals surface area contributed by atoms with Gasteiger partial charge in [-0.05, 0) is 58.2 Å². The van der Waals surface area contributed by atoms with E-state index in [2.05, 4.69) is 34.4 Å². The maximum Gasteiger partial charge on any atom is 0.191 e. The Labute approximate surface area is 164 Å². The highest BCUT2D eigenvalue weighted by atomic mass is 16.5. The molecule has 6 heteroatoms. The summed E-state index contributed by atoms with van der Waals surface area (Å²) in [5.41, 5.74) is 0. The molecule has 152 valence electrons. The lowest BCUT2D eigenvalue weighted by Gasteiger charge is -2.35. The van der Waals surface area contributed by atoms with Gasteiger partial charge in [-0.15, -0.1) is 0 Å². The van der Waals surface area contributed by atoms with E-state index in [0.717, 1.165) is 30.5 Å². The van der Waals surface area contributed by atoms with Crippen LogP contribution in [0.3, 0.4) is 0 Å². The maximum absolute atomic E-state index is 5.95. The summed E-state index contributed by atoms with van der Waals surface area (Å²) in [4.78, 5) is 6.90. The van der Waals surface area contributed by atoms with E-state index in [0.29, 0.717) is 18.5 Å². The molecule has 0 saturated carbocycles. The van der Waals surface area contributed by atoms with E-state index in [-0.39, 0.29) is 6.10 Å².